The highest BCUT2D eigenvalue weighted by Gasteiger charge is 2.23. The Morgan fingerprint density at radius 1 is 0.885 bits per heavy atom. The van der Waals surface area contributed by atoms with Gasteiger partial charge in [0.2, 0.25) is 5.91 Å². The predicted octanol–water partition coefficient (Wildman–Crippen LogP) is 5.38. The van der Waals surface area contributed by atoms with Crippen molar-refractivity contribution in [1.29, 1.82) is 0 Å². The van der Waals surface area contributed by atoms with Crippen molar-refractivity contribution in [3.8, 4) is 0 Å². The molecule has 0 aliphatic heterocycles. The van der Waals surface area contributed by atoms with Crippen molar-refractivity contribution in [2.75, 3.05) is 5.32 Å². The second-order valence-corrected chi connectivity index (χ2v) is 7.21. The van der Waals surface area contributed by atoms with Gasteiger partial charge in [0.1, 0.15) is 0 Å². The molecular weight excluding hydrogens is 340 g/mol. The molecule has 0 fully saturated rings. The van der Waals surface area contributed by atoms with E-state index in [1.165, 1.54) is 11.3 Å². The Balaban J connectivity index is 1.69. The van der Waals surface area contributed by atoms with Crippen LogP contribution in [0.25, 0.3) is 10.2 Å². The Morgan fingerprint density at radius 3 is 2.08 bits per heavy atom. The molecule has 0 atom stereocenters. The highest BCUT2D eigenvalue weighted by Crippen LogP contribution is 2.30. The Morgan fingerprint density at radius 2 is 1.50 bits per heavy atom. The summed E-state index contributed by atoms with van der Waals surface area (Å²) in [6.45, 7) is 2.03. The summed E-state index contributed by atoms with van der Waals surface area (Å²) in [5, 5.41) is 3.66. The van der Waals surface area contributed by atoms with Crippen LogP contribution in [0.1, 0.15) is 22.6 Å². The molecule has 3 aromatic carbocycles. The molecule has 3 nitrogen and oxygen atoms in total. The van der Waals surface area contributed by atoms with Gasteiger partial charge in [0.25, 0.3) is 0 Å². The maximum Gasteiger partial charge on any atom is 0.238 e. The molecule has 4 heteroatoms. The molecule has 4 rings (SSSR count). The van der Waals surface area contributed by atoms with Gasteiger partial charge in [-0.05, 0) is 29.7 Å². The molecule has 1 heterocycles. The molecule has 1 aromatic heterocycles. The van der Waals surface area contributed by atoms with Crippen LogP contribution in [0.3, 0.4) is 0 Å². The topological polar surface area (TPSA) is 42.0 Å². The molecule has 0 unspecified atom stereocenters. The van der Waals surface area contributed by atoms with Crippen LogP contribution in [0, 0.1) is 6.92 Å². The van der Waals surface area contributed by atoms with Crippen LogP contribution in [-0.4, -0.2) is 10.9 Å². The van der Waals surface area contributed by atoms with E-state index in [1.807, 2.05) is 85.8 Å². The minimum atomic E-state index is -0.370. The predicted molar refractivity (Wildman–Crippen MR) is 108 cm³/mol. The lowest BCUT2D eigenvalue weighted by Gasteiger charge is -2.16. The summed E-state index contributed by atoms with van der Waals surface area (Å²) < 4.78 is 1.08. The van der Waals surface area contributed by atoms with E-state index in [0.717, 1.165) is 26.9 Å². The van der Waals surface area contributed by atoms with Crippen molar-refractivity contribution >= 4 is 32.6 Å². The summed E-state index contributed by atoms with van der Waals surface area (Å²) in [4.78, 5) is 17.7. The van der Waals surface area contributed by atoms with E-state index in [-0.39, 0.29) is 11.8 Å². The first-order chi connectivity index (χ1) is 12.7. The van der Waals surface area contributed by atoms with Crippen LogP contribution in [0.4, 0.5) is 5.13 Å². The van der Waals surface area contributed by atoms with Gasteiger partial charge in [-0.1, -0.05) is 84.1 Å². The number of nitrogens with one attached hydrogen (secondary N) is 1. The minimum Gasteiger partial charge on any atom is -0.301 e. The van der Waals surface area contributed by atoms with Crippen molar-refractivity contribution in [3.63, 3.8) is 0 Å². The SMILES string of the molecule is Cc1cccc2sc(NC(=O)C(c3ccccc3)c3ccccc3)nc12. The van der Waals surface area contributed by atoms with E-state index in [2.05, 4.69) is 10.3 Å². The summed E-state index contributed by atoms with van der Waals surface area (Å²) in [6, 6.07) is 25.8. The average Bonchev–Trinajstić information content (AvgIpc) is 3.07. The Labute approximate surface area is 156 Å². The van der Waals surface area contributed by atoms with Crippen LogP contribution in [0.5, 0.6) is 0 Å². The second kappa shape index (κ2) is 7.10. The lowest BCUT2D eigenvalue weighted by Crippen LogP contribution is -2.22. The third kappa shape index (κ3) is 3.24. The minimum absolute atomic E-state index is 0.0703. The van der Waals surface area contributed by atoms with Crippen molar-refractivity contribution in [2.45, 2.75) is 12.8 Å². The number of anilines is 1. The number of amides is 1. The number of hydrogen-bond acceptors (Lipinski definition) is 3. The number of carbonyl (C=O) groups excluding carboxylic acids is 1. The largest absolute Gasteiger partial charge is 0.301 e. The van der Waals surface area contributed by atoms with E-state index < -0.39 is 0 Å². The van der Waals surface area contributed by atoms with Crippen molar-refractivity contribution < 1.29 is 4.79 Å². The van der Waals surface area contributed by atoms with Gasteiger partial charge < -0.3 is 5.32 Å². The fourth-order valence-electron chi connectivity index (χ4n) is 3.10. The van der Waals surface area contributed by atoms with Gasteiger partial charge in [0, 0.05) is 0 Å². The number of para-hydroxylation sites is 1. The zero-order valence-corrected chi connectivity index (χ0v) is 15.2. The molecular formula is C22H18N2OS. The van der Waals surface area contributed by atoms with Gasteiger partial charge in [-0.3, -0.25) is 4.79 Å². The number of nitrogens with zero attached hydrogens (tertiary/aromatic N) is 1. The molecule has 0 bridgehead atoms. The van der Waals surface area contributed by atoms with Gasteiger partial charge in [0.15, 0.2) is 5.13 Å². The highest BCUT2D eigenvalue weighted by molar-refractivity contribution is 7.22. The number of fused-ring (bicyclic) bond motifs is 1. The molecule has 128 valence electrons. The van der Waals surface area contributed by atoms with E-state index in [9.17, 15) is 4.79 Å². The van der Waals surface area contributed by atoms with E-state index in [1.54, 1.807) is 0 Å². The van der Waals surface area contributed by atoms with Crippen molar-refractivity contribution in [2.24, 2.45) is 0 Å². The standard InChI is InChI=1S/C22H18N2OS/c1-15-9-8-14-18-20(15)23-22(26-18)24-21(25)19(16-10-4-2-5-11-16)17-12-6-3-7-13-17/h2-14,19H,1H3,(H,23,24,25). The van der Waals surface area contributed by atoms with Crippen molar-refractivity contribution in [3.05, 3.63) is 95.6 Å². The van der Waals surface area contributed by atoms with E-state index >= 15 is 0 Å². The second-order valence-electron chi connectivity index (χ2n) is 6.18. The smallest absolute Gasteiger partial charge is 0.238 e. The Bertz CT molecular complexity index is 1000. The third-order valence-electron chi connectivity index (χ3n) is 4.38. The lowest BCUT2D eigenvalue weighted by atomic mass is 9.90. The molecule has 0 saturated heterocycles. The number of thiazole rings is 1. The zero-order valence-electron chi connectivity index (χ0n) is 14.3. The lowest BCUT2D eigenvalue weighted by molar-refractivity contribution is -0.116. The molecule has 26 heavy (non-hydrogen) atoms. The van der Waals surface area contributed by atoms with Gasteiger partial charge >= 0.3 is 0 Å². The molecule has 0 aliphatic carbocycles. The summed E-state index contributed by atoms with van der Waals surface area (Å²) in [6.07, 6.45) is 0. The van der Waals surface area contributed by atoms with Crippen LogP contribution in [-0.2, 0) is 4.79 Å². The Hall–Kier alpha value is -2.98. The Kier molecular flexibility index (Phi) is 4.50. The molecule has 0 spiro atoms. The average molecular weight is 358 g/mol. The fraction of sp³-hybridized carbons (Fsp3) is 0.0909. The number of aryl methyl sites for hydroxylation is 1. The van der Waals surface area contributed by atoms with E-state index in [0.29, 0.717) is 5.13 Å². The van der Waals surface area contributed by atoms with Gasteiger partial charge in [-0.25, -0.2) is 4.98 Å². The molecule has 0 radical (unpaired) electrons. The fourth-order valence-corrected chi connectivity index (χ4v) is 4.05. The maximum atomic E-state index is 13.1. The van der Waals surface area contributed by atoms with Crippen LogP contribution < -0.4 is 5.32 Å². The molecule has 1 N–H and O–H groups in total. The number of aromatic nitrogens is 1. The summed E-state index contributed by atoms with van der Waals surface area (Å²) in [5.41, 5.74) is 3.99. The number of hydrogen-bond donors (Lipinski definition) is 1. The maximum absolute atomic E-state index is 13.1. The molecule has 4 aromatic rings. The summed E-state index contributed by atoms with van der Waals surface area (Å²) >= 11 is 1.50. The normalized spacial score (nSPS) is 11.0. The molecule has 0 saturated carbocycles. The first kappa shape index (κ1) is 16.5. The van der Waals surface area contributed by atoms with Gasteiger partial charge in [-0.2, -0.15) is 0 Å². The highest BCUT2D eigenvalue weighted by atomic mass is 32.1. The van der Waals surface area contributed by atoms with Gasteiger partial charge in [0.05, 0.1) is 16.1 Å². The molecule has 1 amide bonds. The van der Waals surface area contributed by atoms with Gasteiger partial charge in [-0.15, -0.1) is 0 Å². The summed E-state index contributed by atoms with van der Waals surface area (Å²) in [5.74, 6) is -0.440. The summed E-state index contributed by atoms with van der Waals surface area (Å²) in [7, 11) is 0. The number of benzene rings is 3. The third-order valence-corrected chi connectivity index (χ3v) is 5.31. The van der Waals surface area contributed by atoms with Crippen LogP contribution in [0.15, 0.2) is 78.9 Å². The monoisotopic (exact) mass is 358 g/mol. The first-order valence-corrected chi connectivity index (χ1v) is 9.31. The molecule has 0 aliphatic rings. The van der Waals surface area contributed by atoms with E-state index in [4.69, 9.17) is 0 Å². The van der Waals surface area contributed by atoms with Crippen LogP contribution in [0.2, 0.25) is 0 Å². The number of rotatable bonds is 4. The zero-order chi connectivity index (χ0) is 17.9. The quantitative estimate of drug-likeness (QED) is 0.532. The first-order valence-electron chi connectivity index (χ1n) is 8.49. The van der Waals surface area contributed by atoms with Crippen molar-refractivity contribution in [1.82, 2.24) is 4.98 Å². The van der Waals surface area contributed by atoms with Crippen LogP contribution >= 0.6 is 11.3 Å². The number of carbonyl (C=O) groups is 1.